The van der Waals surface area contributed by atoms with Gasteiger partial charge in [0.1, 0.15) is 5.82 Å². The Morgan fingerprint density at radius 2 is 1.96 bits per heavy atom. The summed E-state index contributed by atoms with van der Waals surface area (Å²) in [6.45, 7) is 1.99. The van der Waals surface area contributed by atoms with E-state index in [9.17, 15) is 4.79 Å². The molecule has 7 heteroatoms. The SMILES string of the molecule is CC(Sc1nnc2ccccn12)c1nc2ccccc2c(=O)[nH]1. The highest BCUT2D eigenvalue weighted by Gasteiger charge is 2.15. The largest absolute Gasteiger partial charge is 0.309 e. The molecule has 0 radical (unpaired) electrons. The number of pyridine rings is 1. The molecule has 0 bridgehead atoms. The van der Waals surface area contributed by atoms with Gasteiger partial charge in [-0.3, -0.25) is 9.20 Å². The molecule has 0 spiro atoms. The fourth-order valence-corrected chi connectivity index (χ4v) is 3.31. The van der Waals surface area contributed by atoms with Crippen molar-refractivity contribution in [2.45, 2.75) is 17.3 Å². The van der Waals surface area contributed by atoms with Gasteiger partial charge in [0.25, 0.3) is 5.56 Å². The average Bonchev–Trinajstić information content (AvgIpc) is 2.98. The smallest absolute Gasteiger partial charge is 0.258 e. The summed E-state index contributed by atoms with van der Waals surface area (Å²) in [4.78, 5) is 19.6. The van der Waals surface area contributed by atoms with Crippen molar-refractivity contribution < 1.29 is 0 Å². The lowest BCUT2D eigenvalue weighted by Gasteiger charge is -2.10. The fraction of sp³-hybridized carbons (Fsp3) is 0.125. The first-order chi connectivity index (χ1) is 11.2. The highest BCUT2D eigenvalue weighted by Crippen LogP contribution is 2.31. The average molecular weight is 323 g/mol. The lowest BCUT2D eigenvalue weighted by atomic mass is 10.2. The predicted octanol–water partition coefficient (Wildman–Crippen LogP) is 2.82. The third-order valence-electron chi connectivity index (χ3n) is 3.58. The van der Waals surface area contributed by atoms with Crippen molar-refractivity contribution in [3.8, 4) is 0 Å². The number of hydrogen-bond acceptors (Lipinski definition) is 5. The molecule has 3 aromatic heterocycles. The van der Waals surface area contributed by atoms with Gasteiger partial charge in [-0.2, -0.15) is 0 Å². The first-order valence-corrected chi connectivity index (χ1v) is 8.06. The zero-order valence-corrected chi connectivity index (χ0v) is 13.1. The number of nitrogens with one attached hydrogen (secondary N) is 1. The summed E-state index contributed by atoms with van der Waals surface area (Å²) in [5.74, 6) is 0.631. The van der Waals surface area contributed by atoms with E-state index in [4.69, 9.17) is 0 Å². The molecule has 23 heavy (non-hydrogen) atoms. The Bertz CT molecular complexity index is 1050. The molecule has 4 aromatic rings. The van der Waals surface area contributed by atoms with Crippen LogP contribution in [0.4, 0.5) is 0 Å². The Balaban J connectivity index is 1.72. The lowest BCUT2D eigenvalue weighted by Crippen LogP contribution is -2.12. The number of thioether (sulfide) groups is 1. The molecule has 1 atom stereocenters. The third kappa shape index (κ3) is 2.49. The van der Waals surface area contributed by atoms with Crippen LogP contribution < -0.4 is 5.56 Å². The van der Waals surface area contributed by atoms with Gasteiger partial charge >= 0.3 is 0 Å². The summed E-state index contributed by atoms with van der Waals surface area (Å²) in [5.41, 5.74) is 1.37. The molecule has 0 saturated carbocycles. The van der Waals surface area contributed by atoms with Crippen molar-refractivity contribution in [1.29, 1.82) is 0 Å². The van der Waals surface area contributed by atoms with E-state index in [0.29, 0.717) is 16.7 Å². The van der Waals surface area contributed by atoms with Crippen LogP contribution in [0.3, 0.4) is 0 Å². The van der Waals surface area contributed by atoms with E-state index in [2.05, 4.69) is 20.2 Å². The first kappa shape index (κ1) is 14.0. The Labute approximate surface area is 135 Å². The third-order valence-corrected chi connectivity index (χ3v) is 4.65. The summed E-state index contributed by atoms with van der Waals surface area (Å²) in [6, 6.07) is 13.1. The van der Waals surface area contributed by atoms with E-state index in [0.717, 1.165) is 10.8 Å². The standard InChI is InChI=1S/C16H13N5OS/c1-10(23-16-20-19-13-8-4-5-9-21(13)16)14-17-12-7-3-2-6-11(12)15(22)18-14/h2-10H,1H3,(H,17,18,22). The number of benzene rings is 1. The topological polar surface area (TPSA) is 75.9 Å². The highest BCUT2D eigenvalue weighted by atomic mass is 32.2. The number of para-hydroxylation sites is 1. The number of aromatic amines is 1. The Kier molecular flexibility index (Phi) is 3.34. The van der Waals surface area contributed by atoms with E-state index < -0.39 is 0 Å². The van der Waals surface area contributed by atoms with Crippen LogP contribution in [0.25, 0.3) is 16.6 Å². The number of H-pyrrole nitrogens is 1. The monoisotopic (exact) mass is 323 g/mol. The van der Waals surface area contributed by atoms with Crippen molar-refractivity contribution in [1.82, 2.24) is 24.6 Å². The maximum atomic E-state index is 12.2. The van der Waals surface area contributed by atoms with Gasteiger partial charge in [0.05, 0.1) is 16.2 Å². The number of aromatic nitrogens is 5. The molecule has 1 unspecified atom stereocenters. The molecular weight excluding hydrogens is 310 g/mol. The molecule has 114 valence electrons. The maximum Gasteiger partial charge on any atom is 0.258 e. The summed E-state index contributed by atoms with van der Waals surface area (Å²) >= 11 is 1.51. The Morgan fingerprint density at radius 3 is 2.87 bits per heavy atom. The van der Waals surface area contributed by atoms with Crippen LogP contribution in [0, 0.1) is 0 Å². The van der Waals surface area contributed by atoms with Crippen molar-refractivity contribution in [3.05, 3.63) is 64.8 Å². The quantitative estimate of drug-likeness (QED) is 0.587. The van der Waals surface area contributed by atoms with E-state index in [1.807, 2.05) is 53.9 Å². The van der Waals surface area contributed by atoms with Crippen LogP contribution >= 0.6 is 11.8 Å². The second kappa shape index (κ2) is 5.51. The molecule has 1 N–H and O–H groups in total. The Hall–Kier alpha value is -2.67. The van der Waals surface area contributed by atoms with Gasteiger partial charge in [-0.05, 0) is 31.2 Å². The second-order valence-corrected chi connectivity index (χ2v) is 6.45. The van der Waals surface area contributed by atoms with Crippen LogP contribution in [0.2, 0.25) is 0 Å². The molecule has 0 aliphatic carbocycles. The van der Waals surface area contributed by atoms with E-state index in [1.54, 1.807) is 6.07 Å². The van der Waals surface area contributed by atoms with Crippen LogP contribution in [0.1, 0.15) is 18.0 Å². The minimum absolute atomic E-state index is 0.0556. The van der Waals surface area contributed by atoms with Crippen molar-refractivity contribution >= 4 is 28.3 Å². The summed E-state index contributed by atoms with van der Waals surface area (Å²) < 4.78 is 1.92. The van der Waals surface area contributed by atoms with Gasteiger partial charge in [0, 0.05) is 6.20 Å². The first-order valence-electron chi connectivity index (χ1n) is 7.18. The molecule has 0 amide bonds. The van der Waals surface area contributed by atoms with E-state index >= 15 is 0 Å². The highest BCUT2D eigenvalue weighted by molar-refractivity contribution is 7.99. The summed E-state index contributed by atoms with van der Waals surface area (Å²) in [7, 11) is 0. The van der Waals surface area contributed by atoms with Crippen molar-refractivity contribution in [2.75, 3.05) is 0 Å². The molecule has 4 rings (SSSR count). The van der Waals surface area contributed by atoms with Crippen LogP contribution in [-0.4, -0.2) is 24.6 Å². The van der Waals surface area contributed by atoms with Gasteiger partial charge in [0.15, 0.2) is 10.8 Å². The number of hydrogen-bond donors (Lipinski definition) is 1. The van der Waals surface area contributed by atoms with Gasteiger partial charge in [-0.25, -0.2) is 4.98 Å². The lowest BCUT2D eigenvalue weighted by molar-refractivity contribution is 0.883. The predicted molar refractivity (Wildman–Crippen MR) is 89.6 cm³/mol. The Morgan fingerprint density at radius 1 is 1.13 bits per heavy atom. The number of fused-ring (bicyclic) bond motifs is 2. The normalized spacial score (nSPS) is 12.7. The second-order valence-electron chi connectivity index (χ2n) is 5.14. The maximum absolute atomic E-state index is 12.2. The molecule has 6 nitrogen and oxygen atoms in total. The number of rotatable bonds is 3. The molecule has 0 aliphatic heterocycles. The minimum Gasteiger partial charge on any atom is -0.309 e. The molecule has 0 saturated heterocycles. The summed E-state index contributed by atoms with van der Waals surface area (Å²) in [5, 5.41) is 9.64. The van der Waals surface area contributed by atoms with Gasteiger partial charge in [0.2, 0.25) is 0 Å². The molecule has 1 aromatic carbocycles. The van der Waals surface area contributed by atoms with E-state index in [1.165, 1.54) is 11.8 Å². The van der Waals surface area contributed by atoms with Crippen LogP contribution in [0.15, 0.2) is 58.6 Å². The van der Waals surface area contributed by atoms with Gasteiger partial charge in [-0.1, -0.05) is 30.0 Å². The molecular formula is C16H13N5OS. The van der Waals surface area contributed by atoms with Gasteiger partial charge < -0.3 is 4.98 Å². The molecule has 0 aliphatic rings. The van der Waals surface area contributed by atoms with Crippen LogP contribution in [0.5, 0.6) is 0 Å². The molecule has 3 heterocycles. The summed E-state index contributed by atoms with van der Waals surface area (Å²) in [6.07, 6.45) is 1.92. The van der Waals surface area contributed by atoms with Crippen LogP contribution in [-0.2, 0) is 0 Å². The zero-order valence-electron chi connectivity index (χ0n) is 12.3. The number of nitrogens with zero attached hydrogens (tertiary/aromatic N) is 4. The van der Waals surface area contributed by atoms with Crippen molar-refractivity contribution in [3.63, 3.8) is 0 Å². The van der Waals surface area contributed by atoms with Crippen molar-refractivity contribution in [2.24, 2.45) is 0 Å². The fourth-order valence-electron chi connectivity index (χ4n) is 2.41. The van der Waals surface area contributed by atoms with Gasteiger partial charge in [-0.15, -0.1) is 10.2 Å². The minimum atomic E-state index is -0.121. The zero-order chi connectivity index (χ0) is 15.8. The molecule has 0 fully saturated rings. The van der Waals surface area contributed by atoms with E-state index in [-0.39, 0.29) is 10.8 Å².